The molecule has 42 heavy (non-hydrogen) atoms. The molecule has 1 atom stereocenters. The average Bonchev–Trinajstić information content (AvgIpc) is 3.70. The first kappa shape index (κ1) is 26.9. The molecule has 6 rings (SSSR count). The highest BCUT2D eigenvalue weighted by Gasteiger charge is 2.37. The van der Waals surface area contributed by atoms with E-state index >= 15 is 0 Å². The lowest BCUT2D eigenvalue weighted by molar-refractivity contribution is -0.136. The Morgan fingerprint density at radius 2 is 1.83 bits per heavy atom. The van der Waals surface area contributed by atoms with Gasteiger partial charge in [-0.2, -0.15) is 0 Å². The van der Waals surface area contributed by atoms with Crippen molar-refractivity contribution in [2.24, 2.45) is 4.99 Å². The molecule has 0 fully saturated rings. The summed E-state index contributed by atoms with van der Waals surface area (Å²) in [6, 6.07) is 15.8. The number of allylic oxidation sites excluding steroid dienone is 1. The van der Waals surface area contributed by atoms with Crippen LogP contribution in [-0.2, 0) is 14.3 Å². The van der Waals surface area contributed by atoms with Crippen LogP contribution < -0.4 is 24.5 Å². The van der Waals surface area contributed by atoms with Gasteiger partial charge < -0.3 is 18.8 Å². The maximum absolute atomic E-state index is 14.2. The van der Waals surface area contributed by atoms with Crippen molar-refractivity contribution in [3.05, 3.63) is 127 Å². The van der Waals surface area contributed by atoms with Gasteiger partial charge in [-0.25, -0.2) is 14.6 Å². The van der Waals surface area contributed by atoms with E-state index in [9.17, 15) is 19.2 Å². The van der Waals surface area contributed by atoms with Gasteiger partial charge in [0.25, 0.3) is 11.5 Å². The van der Waals surface area contributed by atoms with Crippen LogP contribution in [-0.4, -0.2) is 36.1 Å². The molecule has 4 aromatic rings. The zero-order valence-corrected chi connectivity index (χ0v) is 23.3. The highest BCUT2D eigenvalue weighted by molar-refractivity contribution is 7.07. The standard InChI is InChI=1S/C31H23N3O7S/c1-4-15-33-21-9-6-5-8-20(21)24(27(33)35)26-28(36)34-25(23(30(38)39-3)17(2)32-31(34)42-26)18-11-13-19(14-12-18)41-29(37)22-10-7-16-40-22/h4-14,16,25H,1,15H2,2-3H3/b26-24-. The second-order valence-corrected chi connectivity index (χ2v) is 10.4. The molecule has 10 nitrogen and oxygen atoms in total. The van der Waals surface area contributed by atoms with E-state index in [4.69, 9.17) is 13.9 Å². The average molecular weight is 582 g/mol. The van der Waals surface area contributed by atoms with E-state index < -0.39 is 23.5 Å². The van der Waals surface area contributed by atoms with Gasteiger partial charge in [-0.1, -0.05) is 47.7 Å². The molecule has 0 spiro atoms. The van der Waals surface area contributed by atoms with E-state index in [-0.39, 0.29) is 39.6 Å². The smallest absolute Gasteiger partial charge is 0.379 e. The Morgan fingerprint density at radius 3 is 2.52 bits per heavy atom. The van der Waals surface area contributed by atoms with E-state index in [1.165, 1.54) is 24.0 Å². The molecular formula is C31H23N3O7S. The lowest BCUT2D eigenvalue weighted by Crippen LogP contribution is -2.40. The number of carbonyl (C=O) groups excluding carboxylic acids is 3. The first-order valence-electron chi connectivity index (χ1n) is 12.8. The van der Waals surface area contributed by atoms with Crippen molar-refractivity contribution in [3.63, 3.8) is 0 Å². The minimum atomic E-state index is -0.908. The number of furan rings is 1. The number of amides is 1. The van der Waals surface area contributed by atoms with E-state index in [2.05, 4.69) is 11.6 Å². The third kappa shape index (κ3) is 4.31. The number of aromatic nitrogens is 1. The van der Waals surface area contributed by atoms with Crippen molar-refractivity contribution in [1.82, 2.24) is 4.57 Å². The van der Waals surface area contributed by atoms with Crippen molar-refractivity contribution >= 4 is 40.4 Å². The maximum Gasteiger partial charge on any atom is 0.379 e. The number of nitrogens with zero attached hydrogens (tertiary/aromatic N) is 3. The SMILES string of the molecule is C=CCN1C(=O)/C(=c2\sc3n(c2=O)C(c2ccc(OC(=O)c4ccco4)cc2)C(C(=O)OC)=C(C)N=3)c2ccccc21. The molecule has 2 aliphatic rings. The van der Waals surface area contributed by atoms with Crippen molar-refractivity contribution in [2.75, 3.05) is 18.6 Å². The zero-order valence-electron chi connectivity index (χ0n) is 22.5. The Bertz CT molecular complexity index is 1980. The van der Waals surface area contributed by atoms with Gasteiger partial charge in [0.1, 0.15) is 10.3 Å². The molecule has 0 N–H and O–H groups in total. The fourth-order valence-corrected chi connectivity index (χ4v) is 6.28. The minimum absolute atomic E-state index is 0.0497. The predicted octanol–water partition coefficient (Wildman–Crippen LogP) is 3.12. The number of thiazole rings is 1. The quantitative estimate of drug-likeness (QED) is 0.195. The van der Waals surface area contributed by atoms with Crippen LogP contribution in [0.25, 0.3) is 5.57 Å². The Balaban J connectivity index is 1.51. The Hall–Kier alpha value is -5.29. The highest BCUT2D eigenvalue weighted by atomic mass is 32.1. The van der Waals surface area contributed by atoms with Crippen molar-refractivity contribution in [1.29, 1.82) is 0 Å². The second kappa shape index (κ2) is 10.6. The summed E-state index contributed by atoms with van der Waals surface area (Å²) in [6.07, 6.45) is 3.00. The number of carbonyl (C=O) groups is 3. The molecule has 0 saturated carbocycles. The molecule has 1 unspecified atom stereocenters. The number of hydrogen-bond donors (Lipinski definition) is 0. The van der Waals surface area contributed by atoms with Crippen molar-refractivity contribution in [3.8, 4) is 5.75 Å². The normalized spacial score (nSPS) is 17.0. The van der Waals surface area contributed by atoms with Gasteiger partial charge in [-0.3, -0.25) is 14.2 Å². The lowest BCUT2D eigenvalue weighted by Gasteiger charge is -2.24. The highest BCUT2D eigenvalue weighted by Crippen LogP contribution is 2.35. The number of hydrogen-bond acceptors (Lipinski definition) is 9. The van der Waals surface area contributed by atoms with E-state index in [0.29, 0.717) is 27.3 Å². The molecule has 2 aromatic carbocycles. The van der Waals surface area contributed by atoms with Gasteiger partial charge in [-0.05, 0) is 42.8 Å². The number of ether oxygens (including phenoxy) is 2. The molecule has 0 bridgehead atoms. The fourth-order valence-electron chi connectivity index (χ4n) is 5.14. The van der Waals surface area contributed by atoms with Crippen LogP contribution in [0.1, 0.15) is 34.6 Å². The van der Waals surface area contributed by atoms with Crippen molar-refractivity contribution < 1.29 is 28.3 Å². The molecule has 1 amide bonds. The number of para-hydroxylation sites is 1. The van der Waals surface area contributed by atoms with E-state index in [1.807, 2.05) is 18.2 Å². The summed E-state index contributed by atoms with van der Waals surface area (Å²) in [6.45, 7) is 5.70. The summed E-state index contributed by atoms with van der Waals surface area (Å²) >= 11 is 1.09. The van der Waals surface area contributed by atoms with Gasteiger partial charge in [0.15, 0.2) is 4.80 Å². The topological polar surface area (TPSA) is 120 Å². The largest absolute Gasteiger partial charge is 0.466 e. The van der Waals surface area contributed by atoms with Crippen LogP contribution in [0.15, 0.2) is 105 Å². The van der Waals surface area contributed by atoms with Gasteiger partial charge >= 0.3 is 11.9 Å². The van der Waals surface area contributed by atoms with Gasteiger partial charge in [0, 0.05) is 12.1 Å². The lowest BCUT2D eigenvalue weighted by atomic mass is 9.96. The fraction of sp³-hybridized carbons (Fsp3) is 0.129. The Kier molecular flexibility index (Phi) is 6.79. The van der Waals surface area contributed by atoms with Crippen LogP contribution in [0, 0.1) is 0 Å². The van der Waals surface area contributed by atoms with Gasteiger partial charge in [-0.15, -0.1) is 6.58 Å². The van der Waals surface area contributed by atoms with Crippen molar-refractivity contribution in [2.45, 2.75) is 13.0 Å². The number of esters is 2. The molecule has 0 radical (unpaired) electrons. The minimum Gasteiger partial charge on any atom is -0.466 e. The van der Waals surface area contributed by atoms with Crippen LogP contribution >= 0.6 is 11.3 Å². The summed E-state index contributed by atoms with van der Waals surface area (Å²) in [7, 11) is 1.26. The van der Waals surface area contributed by atoms with Gasteiger partial charge in [0.05, 0.1) is 41.9 Å². The number of fused-ring (bicyclic) bond motifs is 2. The number of rotatable bonds is 6. The van der Waals surface area contributed by atoms with Crippen LogP contribution in [0.5, 0.6) is 5.75 Å². The molecule has 2 aromatic heterocycles. The first-order chi connectivity index (χ1) is 20.3. The van der Waals surface area contributed by atoms with E-state index in [1.54, 1.807) is 54.3 Å². The molecule has 0 aliphatic carbocycles. The molecule has 4 heterocycles. The second-order valence-electron chi connectivity index (χ2n) is 9.43. The summed E-state index contributed by atoms with van der Waals surface area (Å²) in [4.78, 5) is 59.6. The number of anilines is 1. The molecule has 210 valence electrons. The third-order valence-electron chi connectivity index (χ3n) is 6.99. The maximum atomic E-state index is 14.2. The molecule has 0 saturated heterocycles. The zero-order chi connectivity index (χ0) is 29.5. The Labute approximate surface area is 242 Å². The summed E-state index contributed by atoms with van der Waals surface area (Å²) in [5.74, 6) is -1.34. The van der Waals surface area contributed by atoms with E-state index in [0.717, 1.165) is 11.3 Å². The summed E-state index contributed by atoms with van der Waals surface area (Å²) < 4.78 is 17.2. The molecule has 2 aliphatic heterocycles. The van der Waals surface area contributed by atoms with Gasteiger partial charge in [0.2, 0.25) is 5.76 Å². The van der Waals surface area contributed by atoms with Crippen LogP contribution in [0.3, 0.4) is 0 Å². The molecular weight excluding hydrogens is 558 g/mol. The third-order valence-corrected chi connectivity index (χ3v) is 8.05. The van der Waals surface area contributed by atoms with Crippen LogP contribution in [0.4, 0.5) is 5.69 Å². The van der Waals surface area contributed by atoms with Crippen LogP contribution in [0.2, 0.25) is 0 Å². The summed E-state index contributed by atoms with van der Waals surface area (Å²) in [5.41, 5.74) is 2.23. The summed E-state index contributed by atoms with van der Waals surface area (Å²) in [5, 5.41) is 0. The Morgan fingerprint density at radius 1 is 1.07 bits per heavy atom. The number of methoxy groups -OCH3 is 1. The molecule has 11 heteroatoms. The number of benzene rings is 2. The first-order valence-corrected chi connectivity index (χ1v) is 13.7. The predicted molar refractivity (Wildman–Crippen MR) is 154 cm³/mol. The monoisotopic (exact) mass is 581 g/mol.